The van der Waals surface area contributed by atoms with Crippen LogP contribution in [-0.4, -0.2) is 16.4 Å². The number of nitrogens with two attached hydrogens (primary N) is 1. The largest absolute Gasteiger partial charge is 0.364 e. The van der Waals surface area contributed by atoms with Crippen molar-refractivity contribution < 1.29 is 9.59 Å². The predicted molar refractivity (Wildman–Crippen MR) is 95.3 cm³/mol. The van der Waals surface area contributed by atoms with Gasteiger partial charge in [0.2, 0.25) is 0 Å². The molecule has 3 N–H and O–H groups in total. The Morgan fingerprint density at radius 1 is 1.08 bits per heavy atom. The maximum atomic E-state index is 12.3. The fourth-order valence-electron chi connectivity index (χ4n) is 2.80. The highest BCUT2D eigenvalue weighted by Crippen LogP contribution is 2.24. The molecule has 0 aliphatic heterocycles. The summed E-state index contributed by atoms with van der Waals surface area (Å²) in [6.07, 6.45) is 0. The van der Waals surface area contributed by atoms with Gasteiger partial charge in [-0.3, -0.25) is 9.59 Å². The van der Waals surface area contributed by atoms with E-state index in [1.807, 2.05) is 48.7 Å². The second-order valence-electron chi connectivity index (χ2n) is 5.73. The number of amides is 2. The number of aryl methyl sites for hydroxylation is 2. The van der Waals surface area contributed by atoms with E-state index in [0.717, 1.165) is 16.5 Å². The molecule has 0 unspecified atom stereocenters. The summed E-state index contributed by atoms with van der Waals surface area (Å²) in [4.78, 5) is 23.9. The van der Waals surface area contributed by atoms with Gasteiger partial charge < -0.3 is 15.6 Å². The molecule has 5 heteroatoms. The third-order valence-electron chi connectivity index (χ3n) is 4.04. The Hall–Kier alpha value is -3.08. The summed E-state index contributed by atoms with van der Waals surface area (Å²) < 4.78 is 1.86. The lowest BCUT2D eigenvalue weighted by atomic mass is 10.1. The van der Waals surface area contributed by atoms with Crippen LogP contribution in [0.4, 0.5) is 5.69 Å². The van der Waals surface area contributed by atoms with Gasteiger partial charge in [0.05, 0.1) is 0 Å². The van der Waals surface area contributed by atoms with Gasteiger partial charge in [-0.2, -0.15) is 0 Å². The van der Waals surface area contributed by atoms with Crippen molar-refractivity contribution in [3.8, 4) is 0 Å². The molecule has 3 aromatic rings. The first kappa shape index (κ1) is 15.8. The van der Waals surface area contributed by atoms with E-state index in [-0.39, 0.29) is 5.91 Å². The van der Waals surface area contributed by atoms with Crippen molar-refractivity contribution in [1.82, 2.24) is 4.57 Å². The zero-order valence-electron chi connectivity index (χ0n) is 13.7. The van der Waals surface area contributed by atoms with Gasteiger partial charge in [0.1, 0.15) is 5.69 Å². The number of nitrogens with one attached hydrogen (secondary N) is 1. The van der Waals surface area contributed by atoms with Crippen molar-refractivity contribution in [3.05, 3.63) is 65.4 Å². The zero-order valence-corrected chi connectivity index (χ0v) is 13.7. The molecular formula is C19H19N3O2. The lowest BCUT2D eigenvalue weighted by Crippen LogP contribution is -2.16. The molecule has 0 bridgehead atoms. The minimum Gasteiger partial charge on any atom is -0.364 e. The summed E-state index contributed by atoms with van der Waals surface area (Å²) in [5, 5.41) is 3.75. The maximum Gasteiger partial charge on any atom is 0.265 e. The SMILES string of the molecule is CCn1c(C(N)=O)cc2cc(NC(=O)c3ccc(C)cc3)ccc21. The lowest BCUT2D eigenvalue weighted by Gasteiger charge is -2.07. The van der Waals surface area contributed by atoms with Gasteiger partial charge in [0.15, 0.2) is 0 Å². The van der Waals surface area contributed by atoms with Crippen LogP contribution in [0.3, 0.4) is 0 Å². The first-order chi connectivity index (χ1) is 11.5. The number of primary amides is 1. The Morgan fingerprint density at radius 3 is 2.42 bits per heavy atom. The molecule has 2 aromatic carbocycles. The standard InChI is InChI=1S/C19H19N3O2/c1-3-22-16-9-8-15(10-14(16)11-17(22)18(20)23)21-19(24)13-6-4-12(2)5-7-13/h4-11H,3H2,1-2H3,(H2,20,23)(H,21,24). The molecule has 0 atom stereocenters. The molecule has 2 amide bonds. The van der Waals surface area contributed by atoms with E-state index in [2.05, 4.69) is 5.32 Å². The summed E-state index contributed by atoms with van der Waals surface area (Å²) in [5.41, 5.74) is 9.20. The van der Waals surface area contributed by atoms with Crippen molar-refractivity contribution in [2.24, 2.45) is 5.73 Å². The second kappa shape index (κ2) is 6.20. The van der Waals surface area contributed by atoms with Gasteiger partial charge in [-0.1, -0.05) is 17.7 Å². The van der Waals surface area contributed by atoms with Crippen LogP contribution in [0, 0.1) is 6.92 Å². The third kappa shape index (κ3) is 2.88. The molecular weight excluding hydrogens is 302 g/mol. The number of anilines is 1. The molecule has 122 valence electrons. The molecule has 0 saturated heterocycles. The van der Waals surface area contributed by atoms with Crippen LogP contribution < -0.4 is 11.1 Å². The van der Waals surface area contributed by atoms with Gasteiger partial charge in [-0.25, -0.2) is 0 Å². The first-order valence-electron chi connectivity index (χ1n) is 7.80. The van der Waals surface area contributed by atoms with Gasteiger partial charge in [-0.05, 0) is 50.2 Å². The first-order valence-corrected chi connectivity index (χ1v) is 7.80. The smallest absolute Gasteiger partial charge is 0.265 e. The fourth-order valence-corrected chi connectivity index (χ4v) is 2.80. The molecule has 0 saturated carbocycles. The van der Waals surface area contributed by atoms with E-state index in [1.165, 1.54) is 0 Å². The molecule has 24 heavy (non-hydrogen) atoms. The zero-order chi connectivity index (χ0) is 17.3. The molecule has 1 heterocycles. The van der Waals surface area contributed by atoms with Gasteiger partial charge >= 0.3 is 0 Å². The van der Waals surface area contributed by atoms with Crippen molar-refractivity contribution in [1.29, 1.82) is 0 Å². The van der Waals surface area contributed by atoms with Crippen LogP contribution in [0.2, 0.25) is 0 Å². The number of carbonyl (C=O) groups excluding carboxylic acids is 2. The monoisotopic (exact) mass is 321 g/mol. The third-order valence-corrected chi connectivity index (χ3v) is 4.04. The average molecular weight is 321 g/mol. The predicted octanol–water partition coefficient (Wildman–Crippen LogP) is 3.32. The van der Waals surface area contributed by atoms with E-state index in [1.54, 1.807) is 18.2 Å². The van der Waals surface area contributed by atoms with Crippen molar-refractivity contribution in [3.63, 3.8) is 0 Å². The molecule has 3 rings (SSSR count). The summed E-state index contributed by atoms with van der Waals surface area (Å²) in [5.74, 6) is -0.627. The Labute approximate surface area is 140 Å². The van der Waals surface area contributed by atoms with Gasteiger partial charge in [-0.15, -0.1) is 0 Å². The van der Waals surface area contributed by atoms with E-state index in [4.69, 9.17) is 5.73 Å². The quantitative estimate of drug-likeness (QED) is 0.773. The Bertz CT molecular complexity index is 924. The average Bonchev–Trinajstić information content (AvgIpc) is 2.93. The normalized spacial score (nSPS) is 10.8. The molecule has 0 fully saturated rings. The number of benzene rings is 2. The van der Waals surface area contributed by atoms with Crippen LogP contribution >= 0.6 is 0 Å². The van der Waals surface area contributed by atoms with E-state index in [9.17, 15) is 9.59 Å². The Balaban J connectivity index is 1.92. The highest BCUT2D eigenvalue weighted by Gasteiger charge is 2.13. The molecule has 0 radical (unpaired) electrons. The molecule has 5 nitrogen and oxygen atoms in total. The van der Waals surface area contributed by atoms with Crippen molar-refractivity contribution >= 4 is 28.4 Å². The minimum atomic E-state index is -0.460. The number of hydrogen-bond acceptors (Lipinski definition) is 2. The Morgan fingerprint density at radius 2 is 1.79 bits per heavy atom. The van der Waals surface area contributed by atoms with E-state index < -0.39 is 5.91 Å². The molecule has 0 aliphatic carbocycles. The lowest BCUT2D eigenvalue weighted by molar-refractivity contribution is 0.0990. The van der Waals surface area contributed by atoms with Gasteiger partial charge in [0.25, 0.3) is 11.8 Å². The number of nitrogens with zero attached hydrogens (tertiary/aromatic N) is 1. The molecule has 0 spiro atoms. The van der Waals surface area contributed by atoms with Crippen LogP contribution in [0.25, 0.3) is 10.9 Å². The van der Waals surface area contributed by atoms with E-state index >= 15 is 0 Å². The maximum absolute atomic E-state index is 12.3. The van der Waals surface area contributed by atoms with Crippen LogP contribution in [0.5, 0.6) is 0 Å². The molecule has 0 aliphatic rings. The van der Waals surface area contributed by atoms with Crippen molar-refractivity contribution in [2.45, 2.75) is 20.4 Å². The number of aromatic nitrogens is 1. The van der Waals surface area contributed by atoms with Gasteiger partial charge in [0, 0.05) is 28.7 Å². The molecule has 1 aromatic heterocycles. The number of rotatable bonds is 4. The number of hydrogen-bond donors (Lipinski definition) is 2. The van der Waals surface area contributed by atoms with Crippen LogP contribution in [0.1, 0.15) is 33.3 Å². The topological polar surface area (TPSA) is 77.1 Å². The van der Waals surface area contributed by atoms with E-state index in [0.29, 0.717) is 23.5 Å². The fraction of sp³-hybridized carbons (Fsp3) is 0.158. The highest BCUT2D eigenvalue weighted by molar-refractivity contribution is 6.05. The summed E-state index contributed by atoms with van der Waals surface area (Å²) in [7, 11) is 0. The summed E-state index contributed by atoms with van der Waals surface area (Å²) in [6, 6.07) is 14.7. The summed E-state index contributed by atoms with van der Waals surface area (Å²) in [6.45, 7) is 4.58. The highest BCUT2D eigenvalue weighted by atomic mass is 16.2. The summed E-state index contributed by atoms with van der Waals surface area (Å²) >= 11 is 0. The van der Waals surface area contributed by atoms with Crippen LogP contribution in [-0.2, 0) is 6.54 Å². The second-order valence-corrected chi connectivity index (χ2v) is 5.73. The van der Waals surface area contributed by atoms with Crippen molar-refractivity contribution in [2.75, 3.05) is 5.32 Å². The van der Waals surface area contributed by atoms with Crippen LogP contribution in [0.15, 0.2) is 48.5 Å². The number of carbonyl (C=O) groups is 2. The number of fused-ring (bicyclic) bond motifs is 1. The Kier molecular flexibility index (Phi) is 4.08. The minimum absolute atomic E-state index is 0.167.